The summed E-state index contributed by atoms with van der Waals surface area (Å²) in [6, 6.07) is -0.580. The lowest BCUT2D eigenvalue weighted by Crippen LogP contribution is -2.37. The molecule has 0 bridgehead atoms. The van der Waals surface area contributed by atoms with Gasteiger partial charge in [-0.05, 0) is 12.8 Å². The zero-order chi connectivity index (χ0) is 10.1. The number of aromatic nitrogens is 3. The third kappa shape index (κ3) is 1.48. The number of primary amides is 1. The molecule has 0 aliphatic carbocycles. The van der Waals surface area contributed by atoms with Gasteiger partial charge < -0.3 is 16.0 Å². The number of hydrogen-bond donors (Lipinski definition) is 2. The molecule has 1 aromatic heterocycles. The number of carbonyl (C=O) groups is 1. The van der Waals surface area contributed by atoms with Gasteiger partial charge >= 0.3 is 0 Å². The van der Waals surface area contributed by atoms with Crippen molar-refractivity contribution >= 4 is 5.91 Å². The predicted octanol–water partition coefficient (Wildman–Crippen LogP) is -1.03. The maximum Gasteiger partial charge on any atom is 0.234 e. The molecule has 0 radical (unpaired) electrons. The van der Waals surface area contributed by atoms with Gasteiger partial charge in [0.2, 0.25) is 5.91 Å². The minimum atomic E-state index is -0.580. The van der Waals surface area contributed by atoms with Crippen molar-refractivity contribution in [2.75, 3.05) is 0 Å². The number of aryl methyl sites for hydroxylation is 1. The van der Waals surface area contributed by atoms with Crippen molar-refractivity contribution in [1.29, 1.82) is 0 Å². The van der Waals surface area contributed by atoms with Crippen molar-refractivity contribution in [2.45, 2.75) is 31.3 Å². The molecule has 1 aliphatic heterocycles. The Labute approximate surface area is 81.3 Å². The van der Waals surface area contributed by atoms with Gasteiger partial charge in [0, 0.05) is 12.5 Å². The van der Waals surface area contributed by atoms with Crippen molar-refractivity contribution < 1.29 is 4.79 Å². The number of fused-ring (bicyclic) bond motifs is 1. The molecule has 1 amide bonds. The van der Waals surface area contributed by atoms with Crippen LogP contribution in [0.1, 0.15) is 24.6 Å². The molecule has 6 nitrogen and oxygen atoms in total. The Kier molecular flexibility index (Phi) is 2.20. The van der Waals surface area contributed by atoms with Crippen LogP contribution in [0.25, 0.3) is 0 Å². The van der Waals surface area contributed by atoms with E-state index in [2.05, 4.69) is 10.2 Å². The van der Waals surface area contributed by atoms with E-state index in [0.29, 0.717) is 6.42 Å². The summed E-state index contributed by atoms with van der Waals surface area (Å²) in [5.41, 5.74) is 10.7. The first-order valence-electron chi connectivity index (χ1n) is 4.61. The van der Waals surface area contributed by atoms with Crippen molar-refractivity contribution in [1.82, 2.24) is 14.8 Å². The van der Waals surface area contributed by atoms with E-state index in [1.165, 1.54) is 0 Å². The molecule has 6 heteroatoms. The molecule has 4 N–H and O–H groups in total. The first-order valence-corrected chi connectivity index (χ1v) is 4.61. The first kappa shape index (κ1) is 9.14. The maximum atomic E-state index is 10.8. The summed E-state index contributed by atoms with van der Waals surface area (Å²) in [6.07, 6.45) is 3.23. The van der Waals surface area contributed by atoms with Crippen LogP contribution < -0.4 is 11.5 Å². The van der Waals surface area contributed by atoms with Crippen LogP contribution in [0.3, 0.4) is 0 Å². The number of carbonyl (C=O) groups excluding carboxylic acids is 1. The molecule has 0 aromatic carbocycles. The second-order valence-corrected chi connectivity index (χ2v) is 3.61. The smallest absolute Gasteiger partial charge is 0.234 e. The lowest BCUT2D eigenvalue weighted by Gasteiger charge is -2.11. The van der Waals surface area contributed by atoms with E-state index in [4.69, 9.17) is 11.5 Å². The molecule has 0 spiro atoms. The molecule has 1 aromatic rings. The summed E-state index contributed by atoms with van der Waals surface area (Å²) >= 11 is 0. The molecule has 14 heavy (non-hydrogen) atoms. The van der Waals surface area contributed by atoms with Gasteiger partial charge in [-0.1, -0.05) is 0 Å². The maximum absolute atomic E-state index is 10.8. The highest BCUT2D eigenvalue weighted by Crippen LogP contribution is 2.29. The standard InChI is InChI=1S/C8H13N5O/c9-6(7(10)14)3-5-1-2-13-4-11-12-8(5)13/h4-6H,1-3,9H2,(H2,10,14). The van der Waals surface area contributed by atoms with Crippen molar-refractivity contribution in [3.05, 3.63) is 12.2 Å². The summed E-state index contributed by atoms with van der Waals surface area (Å²) in [5, 5.41) is 7.80. The van der Waals surface area contributed by atoms with Crippen LogP contribution in [0.2, 0.25) is 0 Å². The van der Waals surface area contributed by atoms with Crippen LogP contribution >= 0.6 is 0 Å². The molecule has 0 fully saturated rings. The summed E-state index contributed by atoms with van der Waals surface area (Å²) in [5.74, 6) is 0.685. The van der Waals surface area contributed by atoms with Gasteiger partial charge in [0.15, 0.2) is 0 Å². The summed E-state index contributed by atoms with van der Waals surface area (Å²) in [7, 11) is 0. The Balaban J connectivity index is 2.05. The van der Waals surface area contributed by atoms with E-state index >= 15 is 0 Å². The van der Waals surface area contributed by atoms with Crippen LogP contribution in [0, 0.1) is 0 Å². The molecule has 0 saturated carbocycles. The van der Waals surface area contributed by atoms with E-state index < -0.39 is 11.9 Å². The van der Waals surface area contributed by atoms with Gasteiger partial charge in [-0.15, -0.1) is 10.2 Å². The van der Waals surface area contributed by atoms with E-state index in [-0.39, 0.29) is 5.92 Å². The third-order valence-corrected chi connectivity index (χ3v) is 2.63. The zero-order valence-electron chi connectivity index (χ0n) is 7.76. The van der Waals surface area contributed by atoms with Crippen LogP contribution in [0.5, 0.6) is 0 Å². The number of rotatable bonds is 3. The van der Waals surface area contributed by atoms with Gasteiger partial charge in [-0.2, -0.15) is 0 Å². The van der Waals surface area contributed by atoms with Crippen LogP contribution in [-0.4, -0.2) is 26.7 Å². The molecule has 2 rings (SSSR count). The van der Waals surface area contributed by atoms with Crippen molar-refractivity contribution in [3.63, 3.8) is 0 Å². The zero-order valence-corrected chi connectivity index (χ0v) is 7.76. The normalized spacial score (nSPS) is 21.9. The minimum absolute atomic E-state index is 0.222. The lowest BCUT2D eigenvalue weighted by molar-refractivity contribution is -0.119. The average molecular weight is 195 g/mol. The summed E-state index contributed by atoms with van der Waals surface area (Å²) < 4.78 is 1.98. The van der Waals surface area contributed by atoms with E-state index in [0.717, 1.165) is 18.8 Å². The summed E-state index contributed by atoms with van der Waals surface area (Å²) in [6.45, 7) is 0.901. The Bertz CT molecular complexity index is 347. The van der Waals surface area contributed by atoms with Crippen LogP contribution in [0.4, 0.5) is 0 Å². The highest BCUT2D eigenvalue weighted by Gasteiger charge is 2.27. The predicted molar refractivity (Wildman–Crippen MR) is 49.2 cm³/mol. The Hall–Kier alpha value is -1.43. The third-order valence-electron chi connectivity index (χ3n) is 2.63. The first-order chi connectivity index (χ1) is 6.68. The second kappa shape index (κ2) is 3.38. The van der Waals surface area contributed by atoms with E-state index in [1.807, 2.05) is 4.57 Å². The quantitative estimate of drug-likeness (QED) is 0.644. The molecule has 76 valence electrons. The molecular formula is C8H13N5O. The fourth-order valence-electron chi connectivity index (χ4n) is 1.82. The molecule has 2 atom stereocenters. The van der Waals surface area contributed by atoms with Gasteiger partial charge in [-0.25, -0.2) is 0 Å². The Morgan fingerprint density at radius 3 is 3.29 bits per heavy atom. The molecule has 2 unspecified atom stereocenters. The SMILES string of the molecule is NC(=O)C(N)CC1CCn2cnnc21. The number of nitrogens with zero attached hydrogens (tertiary/aromatic N) is 3. The largest absolute Gasteiger partial charge is 0.368 e. The number of amides is 1. The van der Waals surface area contributed by atoms with Gasteiger partial charge in [-0.3, -0.25) is 4.79 Å². The van der Waals surface area contributed by atoms with E-state index in [9.17, 15) is 4.79 Å². The van der Waals surface area contributed by atoms with E-state index in [1.54, 1.807) is 6.33 Å². The molecule has 2 heterocycles. The molecule has 1 aliphatic rings. The van der Waals surface area contributed by atoms with Crippen molar-refractivity contribution in [2.24, 2.45) is 11.5 Å². The highest BCUT2D eigenvalue weighted by molar-refractivity contribution is 5.79. The number of nitrogens with two attached hydrogens (primary N) is 2. The van der Waals surface area contributed by atoms with Gasteiger partial charge in [0.05, 0.1) is 6.04 Å². The lowest BCUT2D eigenvalue weighted by atomic mass is 9.98. The topological polar surface area (TPSA) is 99.8 Å². The second-order valence-electron chi connectivity index (χ2n) is 3.61. The monoisotopic (exact) mass is 195 g/mol. The molecule has 0 saturated heterocycles. The Morgan fingerprint density at radius 1 is 1.79 bits per heavy atom. The number of hydrogen-bond acceptors (Lipinski definition) is 4. The Morgan fingerprint density at radius 2 is 2.57 bits per heavy atom. The fraction of sp³-hybridized carbons (Fsp3) is 0.625. The van der Waals surface area contributed by atoms with Gasteiger partial charge in [0.1, 0.15) is 12.2 Å². The highest BCUT2D eigenvalue weighted by atomic mass is 16.1. The van der Waals surface area contributed by atoms with Crippen LogP contribution in [0.15, 0.2) is 6.33 Å². The molecular weight excluding hydrogens is 182 g/mol. The minimum Gasteiger partial charge on any atom is -0.368 e. The summed E-state index contributed by atoms with van der Waals surface area (Å²) in [4.78, 5) is 10.8. The van der Waals surface area contributed by atoms with Crippen LogP contribution in [-0.2, 0) is 11.3 Å². The fourth-order valence-corrected chi connectivity index (χ4v) is 1.82. The average Bonchev–Trinajstić information content (AvgIpc) is 2.69. The van der Waals surface area contributed by atoms with Gasteiger partial charge in [0.25, 0.3) is 0 Å². The van der Waals surface area contributed by atoms with Crippen molar-refractivity contribution in [3.8, 4) is 0 Å².